The average Bonchev–Trinajstić information content (AvgIpc) is 2.87. The number of hydrogen-bond acceptors (Lipinski definition) is 5. The molecule has 1 saturated carbocycles. The number of carbonyl (C=O) groups is 3. The van der Waals surface area contributed by atoms with Crippen LogP contribution in [-0.2, 0) is 16.0 Å². The van der Waals surface area contributed by atoms with Crippen LogP contribution in [0.2, 0.25) is 0 Å². The Labute approximate surface area is 217 Å². The lowest BCUT2D eigenvalue weighted by Gasteiger charge is -2.50. The van der Waals surface area contributed by atoms with Gasteiger partial charge in [0.25, 0.3) is 0 Å². The minimum absolute atomic E-state index is 0.0132. The van der Waals surface area contributed by atoms with Gasteiger partial charge in [0.05, 0.1) is 6.07 Å². The van der Waals surface area contributed by atoms with Crippen molar-refractivity contribution < 1.29 is 19.1 Å². The summed E-state index contributed by atoms with van der Waals surface area (Å²) < 4.78 is 5.62. The minimum Gasteiger partial charge on any atom is -0.444 e. The van der Waals surface area contributed by atoms with Crippen LogP contribution < -0.4 is 11.1 Å². The van der Waals surface area contributed by atoms with Crippen molar-refractivity contribution in [2.24, 2.45) is 11.7 Å². The smallest absolute Gasteiger partial charge is 0.411 e. The minimum atomic E-state index is -0.728. The van der Waals surface area contributed by atoms with Crippen molar-refractivity contribution in [1.29, 1.82) is 5.26 Å². The van der Waals surface area contributed by atoms with Crippen LogP contribution in [0.15, 0.2) is 48.5 Å². The Bertz CT molecular complexity index is 1190. The third-order valence-electron chi connectivity index (χ3n) is 7.12. The Morgan fingerprint density at radius 2 is 1.59 bits per heavy atom. The number of amides is 3. The Kier molecular flexibility index (Phi) is 7.53. The van der Waals surface area contributed by atoms with E-state index in [9.17, 15) is 19.6 Å². The molecule has 2 saturated heterocycles. The summed E-state index contributed by atoms with van der Waals surface area (Å²) in [4.78, 5) is 39.3. The van der Waals surface area contributed by atoms with Gasteiger partial charge in [-0.25, -0.2) is 4.79 Å². The fourth-order valence-corrected chi connectivity index (χ4v) is 5.35. The highest BCUT2D eigenvalue weighted by Crippen LogP contribution is 2.40. The first-order valence-corrected chi connectivity index (χ1v) is 12.8. The summed E-state index contributed by atoms with van der Waals surface area (Å²) in [5, 5.41) is 12.7. The summed E-state index contributed by atoms with van der Waals surface area (Å²) in [6.07, 6.45) is 3.40. The molecule has 194 valence electrons. The number of primary amides is 1. The van der Waals surface area contributed by atoms with Crippen LogP contribution in [0, 0.1) is 17.2 Å². The normalized spacial score (nSPS) is 21.6. The van der Waals surface area contributed by atoms with Crippen LogP contribution >= 0.6 is 0 Å². The number of ether oxygens (including phenoxy) is 1. The Balaban J connectivity index is 1.43. The fourth-order valence-electron chi connectivity index (χ4n) is 5.35. The third-order valence-corrected chi connectivity index (χ3v) is 7.12. The van der Waals surface area contributed by atoms with E-state index in [1.54, 1.807) is 17.0 Å². The number of nitrogens with two attached hydrogens (primary N) is 1. The molecule has 1 aliphatic carbocycles. The molecule has 2 aromatic rings. The number of nitrogens with one attached hydrogen (secondary N) is 1. The van der Waals surface area contributed by atoms with Gasteiger partial charge in [-0.15, -0.1) is 0 Å². The highest BCUT2D eigenvalue weighted by atomic mass is 16.6. The van der Waals surface area contributed by atoms with Gasteiger partial charge in [0.2, 0.25) is 11.8 Å². The van der Waals surface area contributed by atoms with E-state index in [0.717, 1.165) is 42.4 Å². The molecule has 2 heterocycles. The van der Waals surface area contributed by atoms with E-state index < -0.39 is 29.7 Å². The molecule has 5 rings (SSSR count). The van der Waals surface area contributed by atoms with Crippen molar-refractivity contribution in [2.75, 3.05) is 0 Å². The van der Waals surface area contributed by atoms with Gasteiger partial charge in [-0.3, -0.25) is 14.5 Å². The first-order valence-electron chi connectivity index (χ1n) is 12.8. The second kappa shape index (κ2) is 10.6. The monoisotopic (exact) mass is 502 g/mol. The van der Waals surface area contributed by atoms with Gasteiger partial charge in [-0.2, -0.15) is 5.26 Å². The molecule has 8 heteroatoms. The number of fused-ring (bicyclic) bond motifs is 3. The molecule has 0 spiro atoms. The summed E-state index contributed by atoms with van der Waals surface area (Å²) in [6, 6.07) is 15.6. The molecular formula is C29H34N4O4. The number of benzene rings is 2. The van der Waals surface area contributed by atoms with Gasteiger partial charge in [0.1, 0.15) is 17.7 Å². The SMILES string of the molecule is CC(C)(C)OC(=O)N1C2CCC(CC2)[C@H]1C(=O)N[C@H](C#N)Cc1ccc(-c2ccc(C(N)=O)cc2)cc1. The van der Waals surface area contributed by atoms with Crippen molar-refractivity contribution in [3.63, 3.8) is 0 Å². The van der Waals surface area contributed by atoms with Crippen molar-refractivity contribution in [2.45, 2.75) is 76.6 Å². The Hall–Kier alpha value is -3.86. The zero-order valence-corrected chi connectivity index (χ0v) is 21.6. The number of nitrogens with zero attached hydrogens (tertiary/aromatic N) is 2. The zero-order chi connectivity index (χ0) is 26.7. The molecule has 2 aliphatic heterocycles. The van der Waals surface area contributed by atoms with E-state index in [2.05, 4.69) is 11.4 Å². The number of piperidine rings is 2. The molecule has 0 radical (unpaired) electrons. The van der Waals surface area contributed by atoms with Crippen LogP contribution in [0.25, 0.3) is 11.1 Å². The molecule has 3 aliphatic rings. The standard InChI is InChI=1S/C29H34N4O4/c1-29(2,3)37-28(36)33-24-14-12-21(13-15-24)25(33)27(35)32-23(17-30)16-18-4-6-19(7-5-18)20-8-10-22(11-9-20)26(31)34/h4-11,21,23-25H,12-16H2,1-3H3,(H2,31,34)(H,32,35)/t21?,23-,24?,25-/m0/s1. The van der Waals surface area contributed by atoms with Crippen molar-refractivity contribution in [1.82, 2.24) is 10.2 Å². The van der Waals surface area contributed by atoms with Gasteiger partial charge in [-0.1, -0.05) is 36.4 Å². The molecule has 3 N–H and O–H groups in total. The summed E-state index contributed by atoms with van der Waals surface area (Å²) in [5.41, 5.74) is 7.91. The second-order valence-electron chi connectivity index (χ2n) is 10.9. The maximum Gasteiger partial charge on any atom is 0.411 e. The maximum absolute atomic E-state index is 13.4. The fraction of sp³-hybridized carbons (Fsp3) is 0.448. The van der Waals surface area contributed by atoms with Gasteiger partial charge < -0.3 is 15.8 Å². The first-order chi connectivity index (χ1) is 17.6. The highest BCUT2D eigenvalue weighted by Gasteiger charge is 2.49. The van der Waals surface area contributed by atoms with Crippen molar-refractivity contribution in [3.8, 4) is 17.2 Å². The molecule has 2 atom stereocenters. The summed E-state index contributed by atoms with van der Waals surface area (Å²) >= 11 is 0. The van der Waals surface area contributed by atoms with Gasteiger partial charge in [-0.05, 0) is 81.2 Å². The van der Waals surface area contributed by atoms with Crippen LogP contribution in [0.5, 0.6) is 0 Å². The molecule has 2 bridgehead atoms. The van der Waals surface area contributed by atoms with E-state index in [-0.39, 0.29) is 17.9 Å². The third kappa shape index (κ3) is 6.11. The van der Waals surface area contributed by atoms with E-state index >= 15 is 0 Å². The quantitative estimate of drug-likeness (QED) is 0.613. The predicted molar refractivity (Wildman–Crippen MR) is 139 cm³/mol. The lowest BCUT2D eigenvalue weighted by atomic mass is 9.74. The van der Waals surface area contributed by atoms with Crippen molar-refractivity contribution in [3.05, 3.63) is 59.7 Å². The summed E-state index contributed by atoms with van der Waals surface area (Å²) in [5.74, 6) is -0.697. The van der Waals surface area contributed by atoms with E-state index in [1.807, 2.05) is 57.2 Å². The molecule has 37 heavy (non-hydrogen) atoms. The molecule has 8 nitrogen and oxygen atoms in total. The topological polar surface area (TPSA) is 126 Å². The van der Waals surface area contributed by atoms with E-state index in [4.69, 9.17) is 10.5 Å². The molecule has 3 amide bonds. The molecule has 0 unspecified atom stereocenters. The van der Waals surface area contributed by atoms with Crippen LogP contribution in [-0.4, -0.2) is 46.5 Å². The number of rotatable bonds is 6. The number of nitriles is 1. The van der Waals surface area contributed by atoms with E-state index in [1.165, 1.54) is 0 Å². The predicted octanol–water partition coefficient (Wildman–Crippen LogP) is 4.18. The lowest BCUT2D eigenvalue weighted by Crippen LogP contribution is -2.64. The first kappa shape index (κ1) is 26.2. The number of hydrogen-bond donors (Lipinski definition) is 2. The summed E-state index contributed by atoms with van der Waals surface area (Å²) in [7, 11) is 0. The van der Waals surface area contributed by atoms with Gasteiger partial charge >= 0.3 is 6.09 Å². The average molecular weight is 503 g/mol. The van der Waals surface area contributed by atoms with E-state index in [0.29, 0.717) is 12.0 Å². The van der Waals surface area contributed by atoms with Gasteiger partial charge in [0, 0.05) is 18.0 Å². The Morgan fingerprint density at radius 1 is 1.03 bits per heavy atom. The lowest BCUT2D eigenvalue weighted by molar-refractivity contribution is -0.135. The Morgan fingerprint density at radius 3 is 2.11 bits per heavy atom. The van der Waals surface area contributed by atoms with Crippen LogP contribution in [0.4, 0.5) is 4.79 Å². The van der Waals surface area contributed by atoms with Crippen molar-refractivity contribution >= 4 is 17.9 Å². The zero-order valence-electron chi connectivity index (χ0n) is 21.6. The maximum atomic E-state index is 13.4. The van der Waals surface area contributed by atoms with Gasteiger partial charge in [0.15, 0.2) is 0 Å². The molecule has 2 aromatic carbocycles. The van der Waals surface area contributed by atoms with Crippen LogP contribution in [0.1, 0.15) is 62.4 Å². The highest BCUT2D eigenvalue weighted by molar-refractivity contribution is 5.93. The largest absolute Gasteiger partial charge is 0.444 e. The summed E-state index contributed by atoms with van der Waals surface area (Å²) in [6.45, 7) is 5.44. The molecule has 0 aromatic heterocycles. The molecule has 3 fully saturated rings. The van der Waals surface area contributed by atoms with Crippen LogP contribution in [0.3, 0.4) is 0 Å². The second-order valence-corrected chi connectivity index (χ2v) is 10.9. The number of carbonyl (C=O) groups excluding carboxylic acids is 3. The molecular weight excluding hydrogens is 468 g/mol.